The fraction of sp³-hybridized carbons (Fsp3) is 0.724. The van der Waals surface area contributed by atoms with E-state index in [9.17, 15) is 5.11 Å². The second-order valence-corrected chi connectivity index (χ2v) is 11.1. The van der Waals surface area contributed by atoms with Crippen LogP contribution in [0.1, 0.15) is 93.9 Å². The van der Waals surface area contributed by atoms with E-state index in [1.54, 1.807) is 21.3 Å². The Morgan fingerprint density at radius 3 is 2.17 bits per heavy atom. The highest BCUT2D eigenvalue weighted by molar-refractivity contribution is 5.64. The molecule has 9 atom stereocenters. The van der Waals surface area contributed by atoms with Crippen LogP contribution in [-0.4, -0.2) is 57.1 Å². The molecule has 1 aliphatic heterocycles. The average molecular weight is 489 g/mol. The van der Waals surface area contributed by atoms with Crippen molar-refractivity contribution in [2.24, 2.45) is 5.92 Å². The molecule has 6 nitrogen and oxygen atoms in total. The fourth-order valence-electron chi connectivity index (χ4n) is 6.93. The number of phenols is 1. The van der Waals surface area contributed by atoms with Crippen molar-refractivity contribution in [3.05, 3.63) is 33.9 Å². The molecule has 1 N–H and O–H groups in total. The molecule has 1 aromatic rings. The van der Waals surface area contributed by atoms with Gasteiger partial charge >= 0.3 is 0 Å². The molecule has 7 unspecified atom stereocenters. The Bertz CT molecular complexity index is 951. The van der Waals surface area contributed by atoms with Crippen LogP contribution in [0.3, 0.4) is 0 Å². The fourth-order valence-corrected chi connectivity index (χ4v) is 6.93. The van der Waals surface area contributed by atoms with E-state index < -0.39 is 12.4 Å². The first kappa shape index (κ1) is 26.5. The van der Waals surface area contributed by atoms with E-state index in [1.807, 2.05) is 13.8 Å². The van der Waals surface area contributed by atoms with Crippen LogP contribution >= 0.6 is 0 Å². The first-order chi connectivity index (χ1) is 16.6. The van der Waals surface area contributed by atoms with Crippen molar-refractivity contribution in [3.63, 3.8) is 0 Å². The van der Waals surface area contributed by atoms with Crippen LogP contribution in [0.4, 0.5) is 0 Å². The topological polar surface area (TPSA) is 66.4 Å². The predicted molar refractivity (Wildman–Crippen MR) is 137 cm³/mol. The molecule has 0 spiro atoms. The van der Waals surface area contributed by atoms with Gasteiger partial charge in [-0.05, 0) is 81.4 Å². The number of methoxy groups -OCH3 is 3. The summed E-state index contributed by atoms with van der Waals surface area (Å²) in [6, 6.07) is 0. The third-order valence-corrected chi connectivity index (χ3v) is 8.57. The normalized spacial score (nSPS) is 36.4. The molecule has 0 aromatic heterocycles. The molecule has 1 heterocycles. The van der Waals surface area contributed by atoms with Crippen molar-refractivity contribution >= 4 is 0 Å². The molecule has 0 amide bonds. The molecule has 0 saturated carbocycles. The van der Waals surface area contributed by atoms with Gasteiger partial charge in [0.15, 0.2) is 11.5 Å². The van der Waals surface area contributed by atoms with Gasteiger partial charge in [-0.3, -0.25) is 0 Å². The van der Waals surface area contributed by atoms with E-state index in [2.05, 4.69) is 33.8 Å². The van der Waals surface area contributed by atoms with Crippen LogP contribution in [0, 0.1) is 12.8 Å². The smallest absolute Gasteiger partial charge is 0.229 e. The van der Waals surface area contributed by atoms with Crippen LogP contribution in [-0.2, 0) is 18.9 Å². The molecule has 0 bridgehead atoms. The highest BCUT2D eigenvalue weighted by Gasteiger charge is 2.48. The minimum Gasteiger partial charge on any atom is -0.504 e. The molecule has 6 heteroatoms. The minimum atomic E-state index is -0.729. The highest BCUT2D eigenvalue weighted by atomic mass is 16.7. The zero-order valence-corrected chi connectivity index (χ0v) is 22.9. The molecule has 35 heavy (non-hydrogen) atoms. The maximum atomic E-state index is 11.6. The van der Waals surface area contributed by atoms with Crippen molar-refractivity contribution < 1.29 is 28.8 Å². The summed E-state index contributed by atoms with van der Waals surface area (Å²) in [5, 5.41) is 11.6. The zero-order chi connectivity index (χ0) is 25.6. The first-order valence-corrected chi connectivity index (χ1v) is 13.1. The monoisotopic (exact) mass is 488 g/mol. The van der Waals surface area contributed by atoms with Gasteiger partial charge in [-0.25, -0.2) is 0 Å². The minimum absolute atomic E-state index is 0.224. The summed E-state index contributed by atoms with van der Waals surface area (Å²) in [6.07, 6.45) is 3.60. The van der Waals surface area contributed by atoms with Crippen LogP contribution in [0.5, 0.6) is 11.5 Å². The zero-order valence-electron chi connectivity index (χ0n) is 22.9. The Hall–Kier alpha value is -1.60. The van der Waals surface area contributed by atoms with Crippen molar-refractivity contribution in [2.45, 2.75) is 109 Å². The van der Waals surface area contributed by atoms with Crippen LogP contribution in [0.2, 0.25) is 0 Å². The van der Waals surface area contributed by atoms with Gasteiger partial charge in [-0.15, -0.1) is 0 Å². The lowest BCUT2D eigenvalue weighted by Gasteiger charge is -2.46. The molecule has 2 aliphatic carbocycles. The van der Waals surface area contributed by atoms with Gasteiger partial charge in [0.1, 0.15) is 18.3 Å². The lowest BCUT2D eigenvalue weighted by molar-refractivity contribution is -0.283. The Morgan fingerprint density at radius 2 is 1.57 bits per heavy atom. The number of benzene rings is 1. The largest absolute Gasteiger partial charge is 0.504 e. The van der Waals surface area contributed by atoms with Gasteiger partial charge in [0.25, 0.3) is 0 Å². The second-order valence-electron chi connectivity index (χ2n) is 11.1. The van der Waals surface area contributed by atoms with Gasteiger partial charge in [-0.2, -0.15) is 0 Å². The van der Waals surface area contributed by atoms with Crippen molar-refractivity contribution in [1.29, 1.82) is 0 Å². The number of rotatable bonds is 6. The van der Waals surface area contributed by atoms with E-state index in [-0.39, 0.29) is 30.0 Å². The number of hydrogen-bond acceptors (Lipinski definition) is 6. The number of ether oxygens (including phenoxy) is 5. The third kappa shape index (κ3) is 4.52. The van der Waals surface area contributed by atoms with Crippen molar-refractivity contribution in [3.8, 4) is 11.5 Å². The van der Waals surface area contributed by atoms with Gasteiger partial charge in [0.05, 0.1) is 6.10 Å². The summed E-state index contributed by atoms with van der Waals surface area (Å²) < 4.78 is 30.1. The molecule has 0 radical (unpaired) electrons. The Morgan fingerprint density at radius 1 is 0.914 bits per heavy atom. The SMILES string of the molecule is COC1C(C)OC(Oc2c(O)c(C)c3c4c2[C@H](C)CCC4C(C)C[C@@H]3C=C(C)C)C(OC)C1OC. The molecule has 3 aliphatic rings. The standard InChI is InChI=1S/C29H44O6/c1-14(2)12-19-13-16(4)20-11-10-15(3)21-23(20)22(19)17(5)24(30)26(21)35-29-28(33-9)27(32-8)25(31-7)18(6)34-29/h12,15-16,18-20,25,27-30H,10-11,13H2,1-9H3/t15-,16?,18?,19+,20?,25?,27?,28?,29?/m1/s1. The summed E-state index contributed by atoms with van der Waals surface area (Å²) in [4.78, 5) is 0. The molecule has 1 aromatic carbocycles. The molecule has 1 fully saturated rings. The van der Waals surface area contributed by atoms with Crippen LogP contribution in [0.15, 0.2) is 11.6 Å². The van der Waals surface area contributed by atoms with Crippen LogP contribution in [0.25, 0.3) is 0 Å². The predicted octanol–water partition coefficient (Wildman–Crippen LogP) is 5.94. The van der Waals surface area contributed by atoms with E-state index >= 15 is 0 Å². The number of phenolic OH excluding ortho intramolecular Hbond substituents is 1. The maximum absolute atomic E-state index is 11.6. The summed E-state index contributed by atoms with van der Waals surface area (Å²) in [6.45, 7) is 12.9. The summed E-state index contributed by atoms with van der Waals surface area (Å²) in [5.74, 6) is 2.42. The average Bonchev–Trinajstić information content (AvgIpc) is 2.80. The van der Waals surface area contributed by atoms with E-state index in [4.69, 9.17) is 23.7 Å². The summed E-state index contributed by atoms with van der Waals surface area (Å²) in [5.41, 5.74) is 6.07. The quantitative estimate of drug-likeness (QED) is 0.500. The van der Waals surface area contributed by atoms with Crippen molar-refractivity contribution in [2.75, 3.05) is 21.3 Å². The lowest BCUT2D eigenvalue weighted by Crippen LogP contribution is -2.60. The van der Waals surface area contributed by atoms with E-state index in [1.165, 1.54) is 23.1 Å². The molecule has 4 rings (SSSR count). The van der Waals surface area contributed by atoms with E-state index in [0.717, 1.165) is 24.0 Å². The number of allylic oxidation sites excluding steroid dienone is 2. The molecular formula is C29H44O6. The van der Waals surface area contributed by atoms with Gasteiger partial charge in [0, 0.05) is 32.8 Å². The third-order valence-electron chi connectivity index (χ3n) is 8.57. The number of aromatic hydroxyl groups is 1. The first-order valence-electron chi connectivity index (χ1n) is 13.1. The Kier molecular flexibility index (Phi) is 7.87. The molecule has 196 valence electrons. The van der Waals surface area contributed by atoms with Gasteiger partial charge in [0.2, 0.25) is 6.29 Å². The molecular weight excluding hydrogens is 444 g/mol. The Labute approximate surface area is 210 Å². The number of hydrogen-bond donors (Lipinski definition) is 1. The van der Waals surface area contributed by atoms with E-state index in [0.29, 0.717) is 23.5 Å². The lowest BCUT2D eigenvalue weighted by atomic mass is 9.62. The summed E-state index contributed by atoms with van der Waals surface area (Å²) in [7, 11) is 4.93. The van der Waals surface area contributed by atoms with Crippen molar-refractivity contribution in [1.82, 2.24) is 0 Å². The second kappa shape index (κ2) is 10.4. The molecule has 1 saturated heterocycles. The van der Waals surface area contributed by atoms with Crippen LogP contribution < -0.4 is 4.74 Å². The highest BCUT2D eigenvalue weighted by Crippen LogP contribution is 2.58. The van der Waals surface area contributed by atoms with Gasteiger partial charge < -0.3 is 28.8 Å². The maximum Gasteiger partial charge on any atom is 0.229 e. The summed E-state index contributed by atoms with van der Waals surface area (Å²) >= 11 is 0. The van der Waals surface area contributed by atoms with Gasteiger partial charge in [-0.1, -0.05) is 25.5 Å². The Balaban J connectivity index is 1.84.